The molecule has 0 radical (unpaired) electrons. The third-order valence-electron chi connectivity index (χ3n) is 25.0. The zero-order chi connectivity index (χ0) is 107. The van der Waals surface area contributed by atoms with Gasteiger partial charge in [-0.3, -0.25) is 91.7 Å². The molecular weight excluding hydrogens is 1870 g/mol. The molecular formula is C96H144N24O24. The van der Waals surface area contributed by atoms with Gasteiger partial charge in [0.1, 0.15) is 102 Å². The fraction of sp³-hybridized carbons (Fsp3) is 0.562. The summed E-state index contributed by atoms with van der Waals surface area (Å²) in [6.45, 7) is 17.0. The number of hydrogen-bond acceptors (Lipinski definition) is 25. The Balaban J connectivity index is 1.11. The highest BCUT2D eigenvalue weighted by Gasteiger charge is 2.44. The van der Waals surface area contributed by atoms with E-state index < -0.39 is 284 Å². The van der Waals surface area contributed by atoms with Gasteiger partial charge in [-0.05, 0) is 130 Å². The van der Waals surface area contributed by atoms with Crippen LogP contribution in [0.4, 0.5) is 0 Å². The predicted molar refractivity (Wildman–Crippen MR) is 527 cm³/mol. The first-order valence-electron chi connectivity index (χ1n) is 48.3. The molecule has 1 aliphatic rings. The van der Waals surface area contributed by atoms with Crippen LogP contribution in [-0.2, 0) is 110 Å². The van der Waals surface area contributed by atoms with Gasteiger partial charge in [0.15, 0.2) is 5.96 Å². The molecule has 1 fully saturated rings. The molecule has 0 unspecified atom stereocenters. The maximum atomic E-state index is 15.2. The second-order valence-electron chi connectivity index (χ2n) is 37.1. The Labute approximate surface area is 833 Å². The number of H-pyrrole nitrogens is 2. The van der Waals surface area contributed by atoms with E-state index in [1.165, 1.54) is 56.9 Å². The maximum Gasteiger partial charge on any atom is 0.328 e. The number of aliphatic carboxylic acids is 1. The molecule has 0 aliphatic carbocycles. The van der Waals surface area contributed by atoms with Gasteiger partial charge in [0.25, 0.3) is 0 Å². The average molecular weight is 2020 g/mol. The van der Waals surface area contributed by atoms with Gasteiger partial charge in [-0.1, -0.05) is 137 Å². The van der Waals surface area contributed by atoms with Crippen LogP contribution in [0.3, 0.4) is 0 Å². The van der Waals surface area contributed by atoms with Gasteiger partial charge in [0.2, 0.25) is 106 Å². The van der Waals surface area contributed by atoms with Crippen LogP contribution in [0, 0.1) is 35.0 Å². The Hall–Kier alpha value is -14.4. The van der Waals surface area contributed by atoms with E-state index in [0.29, 0.717) is 34.0 Å². The summed E-state index contributed by atoms with van der Waals surface area (Å²) in [6, 6.07) is -4.59. The van der Waals surface area contributed by atoms with Crippen molar-refractivity contribution < 1.29 is 117 Å². The molecule has 20 atom stereocenters. The molecule has 18 amide bonds. The summed E-state index contributed by atoms with van der Waals surface area (Å²) < 4.78 is 0. The van der Waals surface area contributed by atoms with Gasteiger partial charge < -0.3 is 148 Å². The summed E-state index contributed by atoms with van der Waals surface area (Å²) in [6.07, 6.45) is 0.846. The molecule has 792 valence electrons. The van der Waals surface area contributed by atoms with Crippen molar-refractivity contribution in [3.63, 3.8) is 0 Å². The lowest BCUT2D eigenvalue weighted by molar-refractivity contribution is -0.143. The van der Waals surface area contributed by atoms with E-state index in [0.717, 1.165) is 17.8 Å². The Bertz CT molecular complexity index is 5300. The molecule has 0 bridgehead atoms. The standard InChI is InChI=1S/C96H144N24O24/c1-14-49(8)76(117-86(134)66(107-73(126)41-97)39-56-42-102-61-25-19-17-23-59(56)61)89(137)104-44-74(127)105-52(11)81(129)116-78(51(10)16-3)92(140)115-75(48(6)7)90(138)113-69(45-121)87(135)119-79(54(13)123)93(141)106-53(12)80(128)112-68(37-47(4)5)94(142)120-36-22-28-71(120)88(136)109-64(33-34-72(98)125)82(130)110-67(40-57-43-103-62-26-20-18-24-60(57)62)85(133)108-63(27-21-35-101-96(99)100)83(131)118-77(50(9)15-2)91(139)111-65(38-55-29-31-58(124)32-30-55)84(132)114-70(46-122)95(143)144/h17-20,23-26,29-32,42-43,47-54,63-71,75-79,102-103,121-124H,14-16,21-22,27-28,33-41,44-46,97H2,1-13H3,(H2,98,125)(H,104,137)(H,105,127)(H,106,141)(H,107,126)(H,108,133)(H,109,136)(H,110,130)(H,111,139)(H,112,128)(H,113,138)(H,114,132)(H,115,140)(H,116,129)(H,117,134)(H,118,131)(H,119,135)(H,143,144)(H4,99,100,101)/t49-,50-,51-,52-,53-,54+,63-,64-,65-,66-,67-,68-,69-,70-,71-,75-,76-,77-,78-,79-/m0/s1. The number of aromatic amines is 2. The van der Waals surface area contributed by atoms with Gasteiger partial charge in [0, 0.05) is 73.0 Å². The fourth-order valence-corrected chi connectivity index (χ4v) is 16.0. The van der Waals surface area contributed by atoms with Crippen LogP contribution in [-0.4, -0.2) is 301 Å². The topological polar surface area (TPSA) is 767 Å². The van der Waals surface area contributed by atoms with Gasteiger partial charge in [-0.2, -0.15) is 0 Å². The Morgan fingerprint density at radius 3 is 1.39 bits per heavy atom. The van der Waals surface area contributed by atoms with Crippen LogP contribution in [0.1, 0.15) is 171 Å². The lowest BCUT2D eigenvalue weighted by Crippen LogP contribution is -2.63. The second-order valence-corrected chi connectivity index (χ2v) is 37.1. The first-order valence-corrected chi connectivity index (χ1v) is 48.3. The minimum atomic E-state index is -1.91. The molecule has 48 heteroatoms. The van der Waals surface area contributed by atoms with E-state index in [9.17, 15) is 107 Å². The molecule has 48 nitrogen and oxygen atoms in total. The maximum absolute atomic E-state index is 15.2. The zero-order valence-electron chi connectivity index (χ0n) is 83.4. The third kappa shape index (κ3) is 35.9. The Morgan fingerprint density at radius 2 is 0.875 bits per heavy atom. The first kappa shape index (κ1) is 118. The fourth-order valence-electron chi connectivity index (χ4n) is 16.0. The van der Waals surface area contributed by atoms with E-state index in [1.54, 1.807) is 92.0 Å². The molecule has 2 aromatic heterocycles. The van der Waals surface area contributed by atoms with E-state index in [4.69, 9.17) is 22.6 Å². The lowest BCUT2D eigenvalue weighted by atomic mass is 9.96. The van der Waals surface area contributed by atoms with Crippen LogP contribution in [0.5, 0.6) is 5.75 Å². The molecule has 3 heterocycles. The molecule has 0 spiro atoms. The smallest absolute Gasteiger partial charge is 0.328 e. The molecule has 5 aromatic rings. The zero-order valence-corrected chi connectivity index (χ0v) is 83.4. The summed E-state index contributed by atoms with van der Waals surface area (Å²) in [5, 5.41) is 103. The number of guanidine groups is 1. The highest BCUT2D eigenvalue weighted by Crippen LogP contribution is 2.26. The third-order valence-corrected chi connectivity index (χ3v) is 25.0. The number of aromatic nitrogens is 2. The number of amides is 18. The van der Waals surface area contributed by atoms with Crippen molar-refractivity contribution in [1.82, 2.24) is 105 Å². The number of aliphatic hydroxyl groups excluding tert-OH is 3. The minimum absolute atomic E-state index is 0.00624. The number of nitrogens with two attached hydrogens (primary N) is 3. The number of phenolic OH excluding ortho intramolecular Hbond substituents is 1. The number of carboxylic acids is 1. The van der Waals surface area contributed by atoms with Crippen molar-refractivity contribution in [3.8, 4) is 5.75 Å². The molecule has 0 saturated carbocycles. The van der Waals surface area contributed by atoms with Crippen LogP contribution in [0.2, 0.25) is 0 Å². The second kappa shape index (κ2) is 57.6. The number of para-hydroxylation sites is 2. The number of nitrogens with one attached hydrogen (secondary N) is 20. The Kier molecular flexibility index (Phi) is 47.3. The van der Waals surface area contributed by atoms with E-state index in [-0.39, 0.29) is 89.0 Å². The summed E-state index contributed by atoms with van der Waals surface area (Å²) in [5.41, 5.74) is 19.8. The highest BCUT2D eigenvalue weighted by molar-refractivity contribution is 6.02. The van der Waals surface area contributed by atoms with Crippen LogP contribution >= 0.6 is 0 Å². The monoisotopic (exact) mass is 2020 g/mol. The number of carboxylic acid groups (broad SMARTS) is 1. The van der Waals surface area contributed by atoms with Gasteiger partial charge in [-0.25, -0.2) is 4.79 Å². The van der Waals surface area contributed by atoms with Crippen molar-refractivity contribution >= 4 is 140 Å². The number of benzene rings is 3. The number of primary amides is 1. The van der Waals surface area contributed by atoms with Crippen molar-refractivity contribution in [2.24, 2.45) is 46.8 Å². The number of aromatic hydroxyl groups is 1. The number of nitrogens with zero attached hydrogens (tertiary/aromatic N) is 1. The van der Waals surface area contributed by atoms with Crippen molar-refractivity contribution in [3.05, 3.63) is 102 Å². The number of hydrogen-bond donors (Lipinski definition) is 28. The SMILES string of the molecule is CC[C@H](C)[C@H](NC(=O)[C@H](C)NC(=O)CNC(=O)[C@@H](NC(=O)[C@H](Cc1c[nH]c2ccccc12)NC(=O)CN)[C@@H](C)CC)C(=O)N[C@H](C(=O)N[C@@H](CO)C(=O)N[C@H](C(=O)N[C@@H](C)C(=O)N[C@@H](CC(C)C)C(=O)N1CCC[C@H]1C(=O)N[C@@H](CCC(N)=O)C(=O)N[C@@H](Cc1c[nH]c2ccccc12)C(=O)N[C@@H](CCCNC(=N)N)C(=O)N[C@H](C(=O)N[C@@H](Cc1ccc(O)cc1)C(=O)N[C@@H](CO)C(=O)O)[C@@H](C)CC)[C@@H](C)O)C(C)C. The number of rotatable bonds is 59. The average Bonchev–Trinajstić information content (AvgIpc) is 1.67. The highest BCUT2D eigenvalue weighted by atomic mass is 16.4. The van der Waals surface area contributed by atoms with Crippen LogP contribution in [0.15, 0.2) is 85.2 Å². The van der Waals surface area contributed by atoms with Crippen molar-refractivity contribution in [1.29, 1.82) is 5.41 Å². The first-order chi connectivity index (χ1) is 68.1. The van der Waals surface area contributed by atoms with Crippen LogP contribution < -0.4 is 108 Å². The molecule has 31 N–H and O–H groups in total. The van der Waals surface area contributed by atoms with Gasteiger partial charge in [0.05, 0.1) is 32.4 Å². The van der Waals surface area contributed by atoms with Gasteiger partial charge in [-0.15, -0.1) is 0 Å². The van der Waals surface area contributed by atoms with E-state index >= 15 is 9.59 Å². The predicted octanol–water partition coefficient (Wildman–Crippen LogP) is -4.42. The summed E-state index contributed by atoms with van der Waals surface area (Å²) in [5.74, 6) is -21.8. The summed E-state index contributed by atoms with van der Waals surface area (Å²) in [7, 11) is 0. The number of carbonyl (C=O) groups is 19. The van der Waals surface area contributed by atoms with Gasteiger partial charge >= 0.3 is 5.97 Å². The summed E-state index contributed by atoms with van der Waals surface area (Å²) in [4.78, 5) is 273. The Morgan fingerprint density at radius 1 is 0.451 bits per heavy atom. The number of phenols is 1. The molecule has 1 aliphatic heterocycles. The lowest BCUT2D eigenvalue weighted by Gasteiger charge is -2.31. The summed E-state index contributed by atoms with van der Waals surface area (Å²) >= 11 is 0. The van der Waals surface area contributed by atoms with Crippen molar-refractivity contribution in [2.75, 3.05) is 39.4 Å². The van der Waals surface area contributed by atoms with Crippen LogP contribution in [0.25, 0.3) is 21.8 Å². The number of carbonyl (C=O) groups excluding carboxylic acids is 18. The van der Waals surface area contributed by atoms with E-state index in [1.807, 2.05) is 24.3 Å². The van der Waals surface area contributed by atoms with Crippen molar-refractivity contribution in [2.45, 2.75) is 276 Å². The number of likely N-dealkylation sites (tertiary alicyclic amines) is 1. The minimum Gasteiger partial charge on any atom is -0.508 e. The molecule has 6 rings (SSSR count). The van der Waals surface area contributed by atoms with E-state index in [2.05, 4.69) is 100 Å². The molecule has 144 heavy (non-hydrogen) atoms. The molecule has 1 saturated heterocycles. The quantitative estimate of drug-likeness (QED) is 0.00992. The number of aliphatic hydroxyl groups is 3. The molecule has 3 aromatic carbocycles. The normalized spacial score (nSPS) is 16.4. The largest absolute Gasteiger partial charge is 0.508 e. The number of fused-ring (bicyclic) bond motifs is 2.